The second-order valence-electron chi connectivity index (χ2n) is 18.3. The summed E-state index contributed by atoms with van der Waals surface area (Å²) in [4.78, 5) is 41.6. The summed E-state index contributed by atoms with van der Waals surface area (Å²) in [5.41, 5.74) is -0.498. The van der Waals surface area contributed by atoms with Crippen molar-refractivity contribution in [3.05, 3.63) is 0 Å². The molecule has 1 amide bonds. The van der Waals surface area contributed by atoms with Crippen LogP contribution in [0.25, 0.3) is 0 Å². The molecule has 0 N–H and O–H groups in total. The van der Waals surface area contributed by atoms with E-state index in [1.54, 1.807) is 4.90 Å². The molecule has 0 rings (SSSR count). The molecular formula is C50H98N2O6. The number of carbonyl (C=O) groups is 3. The lowest BCUT2D eigenvalue weighted by Crippen LogP contribution is -2.39. The van der Waals surface area contributed by atoms with Gasteiger partial charge < -0.3 is 24.0 Å². The van der Waals surface area contributed by atoms with E-state index in [0.717, 1.165) is 136 Å². The maximum absolute atomic E-state index is 12.8. The summed E-state index contributed by atoms with van der Waals surface area (Å²) in [6.07, 6.45) is 35.7. The highest BCUT2D eigenvalue weighted by atomic mass is 16.6. The molecule has 344 valence electrons. The second kappa shape index (κ2) is 40.7. The third-order valence-corrected chi connectivity index (χ3v) is 11.2. The van der Waals surface area contributed by atoms with Crippen LogP contribution in [-0.4, -0.2) is 85.8 Å². The molecule has 0 bridgehead atoms. The number of hydrogen-bond acceptors (Lipinski definition) is 7. The van der Waals surface area contributed by atoms with Crippen molar-refractivity contribution in [3.8, 4) is 0 Å². The summed E-state index contributed by atoms with van der Waals surface area (Å²) in [6.45, 7) is 17.6. The fourth-order valence-corrected chi connectivity index (χ4v) is 7.40. The zero-order valence-corrected chi connectivity index (χ0v) is 39.8. The van der Waals surface area contributed by atoms with Gasteiger partial charge in [-0.15, -0.1) is 0 Å². The first-order valence-corrected chi connectivity index (χ1v) is 25.0. The number of amides is 1. The van der Waals surface area contributed by atoms with Crippen molar-refractivity contribution < 1.29 is 28.6 Å². The molecule has 0 aliphatic rings. The van der Waals surface area contributed by atoms with E-state index >= 15 is 0 Å². The Labute approximate surface area is 360 Å². The Balaban J connectivity index is 4.48. The van der Waals surface area contributed by atoms with Gasteiger partial charge in [0.2, 0.25) is 0 Å². The number of nitrogens with zero attached hydrogens (tertiary/aromatic N) is 2. The number of ketones is 1. The van der Waals surface area contributed by atoms with Gasteiger partial charge in [-0.1, -0.05) is 136 Å². The van der Waals surface area contributed by atoms with Gasteiger partial charge in [0.25, 0.3) is 0 Å². The molecule has 0 radical (unpaired) electrons. The van der Waals surface area contributed by atoms with Crippen molar-refractivity contribution in [1.29, 1.82) is 0 Å². The highest BCUT2D eigenvalue weighted by Crippen LogP contribution is 2.19. The van der Waals surface area contributed by atoms with Gasteiger partial charge in [0.1, 0.15) is 17.5 Å². The summed E-state index contributed by atoms with van der Waals surface area (Å²) < 4.78 is 17.5. The Morgan fingerprint density at radius 1 is 0.483 bits per heavy atom. The lowest BCUT2D eigenvalue weighted by Gasteiger charge is -2.28. The van der Waals surface area contributed by atoms with Crippen LogP contribution in [0.3, 0.4) is 0 Å². The third-order valence-electron chi connectivity index (χ3n) is 11.2. The number of ether oxygens (including phenoxy) is 3. The standard InChI is InChI=1S/C50H98N2O6/c1-8-11-14-16-19-28-37-47(38-29-20-17-15-12-9-2)57-48(54)39-30-21-18-22-31-40-52(43-42-51(7)49(55)58-50(4,5)6)41-32-23-24-33-44-56-45-34-25-27-36-46(53)35-26-13-10-3/h47H,8-45H2,1-7H3. The van der Waals surface area contributed by atoms with Crippen molar-refractivity contribution in [2.24, 2.45) is 0 Å². The van der Waals surface area contributed by atoms with Crippen molar-refractivity contribution in [3.63, 3.8) is 0 Å². The molecule has 0 aliphatic carbocycles. The van der Waals surface area contributed by atoms with Crippen LogP contribution in [0.15, 0.2) is 0 Å². The number of carbonyl (C=O) groups excluding carboxylic acids is 3. The molecule has 0 aromatic rings. The number of esters is 1. The summed E-state index contributed by atoms with van der Waals surface area (Å²) in [6, 6.07) is 0. The minimum atomic E-state index is -0.498. The molecule has 8 nitrogen and oxygen atoms in total. The molecule has 0 aromatic heterocycles. The van der Waals surface area contributed by atoms with E-state index < -0.39 is 5.60 Å². The Morgan fingerprint density at radius 3 is 1.43 bits per heavy atom. The SMILES string of the molecule is CCCCCCCCC(CCCCCCCC)OC(=O)CCCCCCCN(CCCCCCOCCCCCC(=O)CCCCC)CCN(C)C(=O)OC(C)(C)C. The number of unbranched alkanes of at least 4 members (excludes halogenated alkanes) is 21. The minimum Gasteiger partial charge on any atom is -0.462 e. The van der Waals surface area contributed by atoms with Crippen LogP contribution in [0, 0.1) is 0 Å². The van der Waals surface area contributed by atoms with Gasteiger partial charge in [-0.05, 0) is 104 Å². The molecule has 0 aromatic carbocycles. The minimum absolute atomic E-state index is 0.00588. The van der Waals surface area contributed by atoms with Gasteiger partial charge >= 0.3 is 12.1 Å². The van der Waals surface area contributed by atoms with Crippen molar-refractivity contribution in [1.82, 2.24) is 9.80 Å². The van der Waals surface area contributed by atoms with Crippen LogP contribution in [-0.2, 0) is 23.8 Å². The molecule has 0 fully saturated rings. The van der Waals surface area contributed by atoms with Gasteiger partial charge in [0.15, 0.2) is 0 Å². The topological polar surface area (TPSA) is 85.4 Å². The molecule has 0 unspecified atom stereocenters. The first kappa shape index (κ1) is 56.3. The van der Waals surface area contributed by atoms with Crippen molar-refractivity contribution >= 4 is 17.8 Å². The normalized spacial score (nSPS) is 11.8. The van der Waals surface area contributed by atoms with Gasteiger partial charge in [0, 0.05) is 52.6 Å². The van der Waals surface area contributed by atoms with E-state index in [1.165, 1.54) is 96.3 Å². The fourth-order valence-electron chi connectivity index (χ4n) is 7.40. The zero-order valence-electron chi connectivity index (χ0n) is 39.8. The van der Waals surface area contributed by atoms with E-state index in [2.05, 4.69) is 25.7 Å². The number of rotatable bonds is 43. The van der Waals surface area contributed by atoms with Gasteiger partial charge in [-0.3, -0.25) is 9.59 Å². The largest absolute Gasteiger partial charge is 0.462 e. The molecule has 0 saturated carbocycles. The van der Waals surface area contributed by atoms with E-state index in [-0.39, 0.29) is 18.2 Å². The van der Waals surface area contributed by atoms with E-state index in [1.807, 2.05) is 27.8 Å². The van der Waals surface area contributed by atoms with Gasteiger partial charge in [-0.25, -0.2) is 4.79 Å². The van der Waals surface area contributed by atoms with Crippen LogP contribution >= 0.6 is 0 Å². The Bertz CT molecular complexity index is 922. The van der Waals surface area contributed by atoms with Gasteiger partial charge in [0.05, 0.1) is 0 Å². The summed E-state index contributed by atoms with van der Waals surface area (Å²) in [5.74, 6) is 0.431. The number of likely N-dealkylation sites (N-methyl/N-ethyl adjacent to an activating group) is 1. The van der Waals surface area contributed by atoms with Crippen LogP contribution in [0.2, 0.25) is 0 Å². The van der Waals surface area contributed by atoms with E-state index in [4.69, 9.17) is 14.2 Å². The fraction of sp³-hybridized carbons (Fsp3) is 0.940. The highest BCUT2D eigenvalue weighted by Gasteiger charge is 2.20. The molecule has 0 aliphatic heterocycles. The molecule has 58 heavy (non-hydrogen) atoms. The smallest absolute Gasteiger partial charge is 0.410 e. The number of Topliss-reactive ketones (excluding diaryl/α,β-unsaturated/α-hetero) is 1. The first-order valence-electron chi connectivity index (χ1n) is 25.0. The molecule has 0 atom stereocenters. The Kier molecular flexibility index (Phi) is 39.5. The summed E-state index contributed by atoms with van der Waals surface area (Å²) >= 11 is 0. The third kappa shape index (κ3) is 39.8. The average molecular weight is 823 g/mol. The lowest BCUT2D eigenvalue weighted by molar-refractivity contribution is -0.150. The van der Waals surface area contributed by atoms with Crippen molar-refractivity contribution in [2.45, 2.75) is 259 Å². The van der Waals surface area contributed by atoms with Crippen LogP contribution in [0.4, 0.5) is 4.79 Å². The van der Waals surface area contributed by atoms with Crippen molar-refractivity contribution in [2.75, 3.05) is 46.4 Å². The van der Waals surface area contributed by atoms with Crippen LogP contribution in [0.5, 0.6) is 0 Å². The maximum atomic E-state index is 12.8. The van der Waals surface area contributed by atoms with Crippen LogP contribution in [0.1, 0.15) is 247 Å². The summed E-state index contributed by atoms with van der Waals surface area (Å²) in [7, 11) is 1.83. The second-order valence-corrected chi connectivity index (χ2v) is 18.3. The monoisotopic (exact) mass is 823 g/mol. The van der Waals surface area contributed by atoms with E-state index in [9.17, 15) is 14.4 Å². The highest BCUT2D eigenvalue weighted by molar-refractivity contribution is 5.78. The Morgan fingerprint density at radius 2 is 0.897 bits per heavy atom. The predicted octanol–water partition coefficient (Wildman–Crippen LogP) is 14.2. The van der Waals surface area contributed by atoms with Gasteiger partial charge in [-0.2, -0.15) is 0 Å². The quantitative estimate of drug-likeness (QED) is 0.0447. The summed E-state index contributed by atoms with van der Waals surface area (Å²) in [5, 5.41) is 0. The zero-order chi connectivity index (χ0) is 43.0. The molecular weight excluding hydrogens is 725 g/mol. The Hall–Kier alpha value is -1.67. The maximum Gasteiger partial charge on any atom is 0.410 e. The van der Waals surface area contributed by atoms with E-state index in [0.29, 0.717) is 18.7 Å². The molecule has 0 spiro atoms. The molecule has 0 saturated heterocycles. The number of hydrogen-bond donors (Lipinski definition) is 0. The molecule has 0 heterocycles. The first-order chi connectivity index (χ1) is 28.0. The predicted molar refractivity (Wildman–Crippen MR) is 246 cm³/mol. The lowest BCUT2D eigenvalue weighted by atomic mass is 10.0. The average Bonchev–Trinajstić information content (AvgIpc) is 3.18. The molecule has 8 heteroatoms. The van der Waals surface area contributed by atoms with Crippen LogP contribution < -0.4 is 0 Å².